The molecule has 0 spiro atoms. The third-order valence-electron chi connectivity index (χ3n) is 13.4. The monoisotopic (exact) mass is 1010 g/mol. The average molecular weight is 1010 g/mol. The smallest absolute Gasteiger partial charge is 0.207 e. The number of allylic oxidation sites excluding steroid dienone is 4. The molecule has 0 bridgehead atoms. The van der Waals surface area contributed by atoms with Crippen LogP contribution in [-0.4, -0.2) is 89.4 Å². The summed E-state index contributed by atoms with van der Waals surface area (Å²) >= 11 is 0. The van der Waals surface area contributed by atoms with Crippen molar-refractivity contribution in [2.75, 3.05) is 89.4 Å². The minimum atomic E-state index is 0.635. The van der Waals surface area contributed by atoms with Crippen LogP contribution in [-0.2, 0) is 27.1 Å². The molecule has 0 heterocycles. The van der Waals surface area contributed by atoms with Crippen molar-refractivity contribution < 1.29 is 47.4 Å². The van der Waals surface area contributed by atoms with E-state index >= 15 is 0 Å². The first-order valence-electron chi connectivity index (χ1n) is 28.1. The summed E-state index contributed by atoms with van der Waals surface area (Å²) in [7, 11) is 12.1. The van der Waals surface area contributed by atoms with Gasteiger partial charge in [0.1, 0.15) is 0 Å². The fourth-order valence-corrected chi connectivity index (χ4v) is 8.93. The summed E-state index contributed by atoms with van der Waals surface area (Å²) in [5.74, 6) is 5.18. The van der Waals surface area contributed by atoms with Crippen LogP contribution in [0.5, 0.6) is 40.2 Å². The average Bonchev–Trinajstić information content (AvgIpc) is 3.37. The maximum atomic E-state index is 6.44. The molecule has 2 aromatic rings. The van der Waals surface area contributed by atoms with Crippen molar-refractivity contribution in [3.05, 3.63) is 51.1 Å². The van der Waals surface area contributed by atoms with Crippen LogP contribution in [0.3, 0.4) is 0 Å². The molecule has 416 valence electrons. The van der Waals surface area contributed by atoms with E-state index in [1.165, 1.54) is 157 Å². The Morgan fingerprint density at radius 3 is 0.819 bits per heavy atom. The molecule has 0 saturated carbocycles. The van der Waals surface area contributed by atoms with Crippen LogP contribution >= 0.6 is 0 Å². The van der Waals surface area contributed by atoms with E-state index in [2.05, 4.69) is 60.6 Å². The first-order chi connectivity index (χ1) is 35.0. The molecule has 0 amide bonds. The molecule has 0 unspecified atom stereocenters. The number of hydrogen-bond acceptors (Lipinski definition) is 10. The molecule has 0 aliphatic carbocycles. The predicted molar refractivity (Wildman–Crippen MR) is 302 cm³/mol. The van der Waals surface area contributed by atoms with E-state index in [9.17, 15) is 0 Å². The summed E-state index contributed by atoms with van der Waals surface area (Å²) in [5.41, 5.74) is 8.30. The number of methoxy groups -OCH3 is 7. The van der Waals surface area contributed by atoms with E-state index in [4.69, 9.17) is 47.4 Å². The Morgan fingerprint density at radius 2 is 0.528 bits per heavy atom. The number of unbranched alkanes of at least 4 members (excludes halogenated alkanes) is 21. The van der Waals surface area contributed by atoms with Crippen molar-refractivity contribution in [1.29, 1.82) is 0 Å². The zero-order chi connectivity index (χ0) is 53.2. The fraction of sp³-hybridized carbons (Fsp3) is 0.742. The molecule has 2 aromatic carbocycles. The van der Waals surface area contributed by atoms with Gasteiger partial charge in [-0.3, -0.25) is 0 Å². The minimum absolute atomic E-state index is 0.635. The highest BCUT2D eigenvalue weighted by Crippen LogP contribution is 2.50. The summed E-state index contributed by atoms with van der Waals surface area (Å²) in [6, 6.07) is 0. The van der Waals surface area contributed by atoms with E-state index in [1.807, 2.05) is 0 Å². The quantitative estimate of drug-likeness (QED) is 0.0472. The lowest BCUT2D eigenvalue weighted by molar-refractivity contribution is 0.192. The van der Waals surface area contributed by atoms with Gasteiger partial charge < -0.3 is 47.4 Å². The first kappa shape index (κ1) is 66.4. The van der Waals surface area contributed by atoms with Gasteiger partial charge in [-0.1, -0.05) is 139 Å². The van der Waals surface area contributed by atoms with E-state index in [0.29, 0.717) is 37.1 Å². The minimum Gasteiger partial charge on any atom is -0.492 e. The summed E-state index contributed by atoms with van der Waals surface area (Å²) in [5, 5.41) is 0. The SMILES string of the molecule is COCCCCCCCCCCOc1c(C)c(CC=C(C)C)c(OCCCCCCCCCCOC)c(OC)c1OC.COCCCCCCCCCCOc1c(CC=C(C)C)c(C)c(C)c(OC)c1OC. The van der Waals surface area contributed by atoms with Crippen LogP contribution in [0.15, 0.2) is 23.3 Å². The van der Waals surface area contributed by atoms with Gasteiger partial charge in [-0.25, -0.2) is 0 Å². The van der Waals surface area contributed by atoms with E-state index in [1.54, 1.807) is 49.8 Å². The van der Waals surface area contributed by atoms with E-state index in [0.717, 1.165) is 91.6 Å². The summed E-state index contributed by atoms with van der Waals surface area (Å²) in [6.45, 7) is 19.6. The van der Waals surface area contributed by atoms with Crippen molar-refractivity contribution in [2.24, 2.45) is 0 Å². The largest absolute Gasteiger partial charge is 0.492 e. The van der Waals surface area contributed by atoms with Crippen LogP contribution in [0, 0.1) is 20.8 Å². The number of benzene rings is 2. The Kier molecular flexibility index (Phi) is 40.4. The van der Waals surface area contributed by atoms with Crippen molar-refractivity contribution in [3.8, 4) is 40.2 Å². The molecular formula is C62H108O10. The van der Waals surface area contributed by atoms with Gasteiger partial charge in [-0.15, -0.1) is 0 Å². The summed E-state index contributed by atoms with van der Waals surface area (Å²) in [6.07, 6.45) is 35.6. The lowest BCUT2D eigenvalue weighted by Crippen LogP contribution is -2.09. The molecule has 0 aliphatic rings. The standard InChI is InChI=1S/C36H64O6.C26H44O4/c1-30(2)24-25-32-31(3)33(41-28-22-18-14-10-8-12-16-20-26-37-4)35(39-6)36(40-7)34(32)42-29-23-19-15-11-9-13-17-21-27-38-5;1-20(2)16-17-23-21(3)22(4)24(28-6)26(29-7)25(23)30-19-15-13-11-9-8-10-12-14-18-27-5/h24H,8-23,25-29H2,1-7H3;16H,8-15,17-19H2,1-7H3. The van der Waals surface area contributed by atoms with Gasteiger partial charge in [0.25, 0.3) is 0 Å². The highest BCUT2D eigenvalue weighted by Gasteiger charge is 2.26. The maximum absolute atomic E-state index is 6.44. The molecule has 0 saturated heterocycles. The molecule has 72 heavy (non-hydrogen) atoms. The van der Waals surface area contributed by atoms with Gasteiger partial charge in [0, 0.05) is 57.8 Å². The highest BCUT2D eigenvalue weighted by atomic mass is 16.6. The molecule has 10 heteroatoms. The zero-order valence-electron chi connectivity index (χ0n) is 48.9. The van der Waals surface area contributed by atoms with Crippen LogP contribution < -0.4 is 33.2 Å². The third-order valence-corrected chi connectivity index (χ3v) is 13.4. The first-order valence-corrected chi connectivity index (χ1v) is 28.1. The predicted octanol–water partition coefficient (Wildman–Crippen LogP) is 16.8. The number of rotatable bonds is 44. The molecule has 0 aromatic heterocycles. The third kappa shape index (κ3) is 27.6. The van der Waals surface area contributed by atoms with Gasteiger partial charge in [-0.05, 0) is 111 Å². The number of ether oxygens (including phenoxy) is 10. The van der Waals surface area contributed by atoms with Gasteiger partial charge in [0.05, 0.1) is 48.3 Å². The van der Waals surface area contributed by atoms with Crippen LogP contribution in [0.2, 0.25) is 0 Å². The topological polar surface area (TPSA) is 92.3 Å². The van der Waals surface area contributed by atoms with Crippen molar-refractivity contribution in [1.82, 2.24) is 0 Å². The lowest BCUT2D eigenvalue weighted by Gasteiger charge is -2.23. The Hall–Kier alpha value is -3.60. The van der Waals surface area contributed by atoms with Crippen molar-refractivity contribution >= 4 is 0 Å². The molecule has 0 atom stereocenters. The van der Waals surface area contributed by atoms with Crippen LogP contribution in [0.1, 0.15) is 210 Å². The number of hydrogen-bond donors (Lipinski definition) is 0. The molecular weight excluding hydrogens is 905 g/mol. The van der Waals surface area contributed by atoms with Gasteiger partial charge in [0.15, 0.2) is 23.0 Å². The lowest BCUT2D eigenvalue weighted by atomic mass is 9.97. The molecule has 10 nitrogen and oxygen atoms in total. The molecule has 0 radical (unpaired) electrons. The normalized spacial score (nSPS) is 10.9. The fourth-order valence-electron chi connectivity index (χ4n) is 8.93. The molecule has 0 N–H and O–H groups in total. The second kappa shape index (κ2) is 43.8. The Morgan fingerprint density at radius 1 is 0.278 bits per heavy atom. The zero-order valence-corrected chi connectivity index (χ0v) is 48.9. The van der Waals surface area contributed by atoms with E-state index < -0.39 is 0 Å². The van der Waals surface area contributed by atoms with Crippen LogP contribution in [0.4, 0.5) is 0 Å². The van der Waals surface area contributed by atoms with Gasteiger partial charge in [-0.2, -0.15) is 0 Å². The van der Waals surface area contributed by atoms with Crippen LogP contribution in [0.25, 0.3) is 0 Å². The van der Waals surface area contributed by atoms with Gasteiger partial charge in [0.2, 0.25) is 17.2 Å². The van der Waals surface area contributed by atoms with E-state index in [-0.39, 0.29) is 0 Å². The second-order valence-corrected chi connectivity index (χ2v) is 19.9. The van der Waals surface area contributed by atoms with Crippen molar-refractivity contribution in [2.45, 2.75) is 215 Å². The van der Waals surface area contributed by atoms with Gasteiger partial charge >= 0.3 is 0 Å². The summed E-state index contributed by atoms with van der Waals surface area (Å²) in [4.78, 5) is 0. The summed E-state index contributed by atoms with van der Waals surface area (Å²) < 4.78 is 57.6. The molecule has 0 aliphatic heterocycles. The maximum Gasteiger partial charge on any atom is 0.207 e. The highest BCUT2D eigenvalue weighted by molar-refractivity contribution is 5.67. The second-order valence-electron chi connectivity index (χ2n) is 19.9. The Bertz CT molecular complexity index is 1730. The molecule has 2 rings (SSSR count). The van der Waals surface area contributed by atoms with Crippen molar-refractivity contribution in [3.63, 3.8) is 0 Å². The molecule has 0 fully saturated rings. The Balaban J connectivity index is 0.000000761. The Labute approximate surface area is 441 Å².